The zero-order valence-electron chi connectivity index (χ0n) is 15.7. The molecule has 0 bridgehead atoms. The van der Waals surface area contributed by atoms with Gasteiger partial charge in [-0.1, -0.05) is 0 Å². The van der Waals surface area contributed by atoms with E-state index in [0.717, 1.165) is 0 Å². The third kappa shape index (κ3) is 2.96. The maximum atomic E-state index is 13.4. The van der Waals surface area contributed by atoms with Crippen molar-refractivity contribution in [3.63, 3.8) is 0 Å². The standard InChI is InChI=1S/C18H15FN6O4/c1-9-14(18(27)29-3)16-21-20-15-12(8-13(26)28-2)23-24(17(15)25(16)22-9)11-6-4-10(19)5-7-11/h4-7H,8H2,1-3H3. The fourth-order valence-corrected chi connectivity index (χ4v) is 3.02. The van der Waals surface area contributed by atoms with Gasteiger partial charge in [-0.15, -0.1) is 10.2 Å². The molecule has 4 aromatic rings. The summed E-state index contributed by atoms with van der Waals surface area (Å²) >= 11 is 0. The van der Waals surface area contributed by atoms with Gasteiger partial charge in [-0.2, -0.15) is 14.7 Å². The Kier molecular flexibility index (Phi) is 4.41. The third-order valence-electron chi connectivity index (χ3n) is 4.39. The fourth-order valence-electron chi connectivity index (χ4n) is 3.02. The fraction of sp³-hybridized carbons (Fsp3) is 0.222. The number of aryl methyl sites for hydroxylation is 1. The molecule has 0 aliphatic carbocycles. The van der Waals surface area contributed by atoms with E-state index in [9.17, 15) is 14.0 Å². The molecule has 10 nitrogen and oxygen atoms in total. The maximum absolute atomic E-state index is 13.4. The Hall–Kier alpha value is -3.89. The van der Waals surface area contributed by atoms with Crippen molar-refractivity contribution in [1.29, 1.82) is 0 Å². The minimum absolute atomic E-state index is 0.147. The van der Waals surface area contributed by atoms with Gasteiger partial charge in [-0.05, 0) is 31.2 Å². The summed E-state index contributed by atoms with van der Waals surface area (Å²) in [6.07, 6.45) is -0.147. The predicted molar refractivity (Wildman–Crippen MR) is 97.2 cm³/mol. The highest BCUT2D eigenvalue weighted by atomic mass is 19.1. The van der Waals surface area contributed by atoms with Crippen molar-refractivity contribution >= 4 is 28.7 Å². The van der Waals surface area contributed by atoms with Crippen LogP contribution in [0.1, 0.15) is 21.7 Å². The molecule has 4 rings (SSSR count). The van der Waals surface area contributed by atoms with E-state index >= 15 is 0 Å². The lowest BCUT2D eigenvalue weighted by atomic mass is 10.2. The number of carbonyl (C=O) groups excluding carboxylic acids is 2. The highest BCUT2D eigenvalue weighted by Gasteiger charge is 2.25. The smallest absolute Gasteiger partial charge is 0.343 e. The molecule has 3 aromatic heterocycles. The van der Waals surface area contributed by atoms with E-state index in [4.69, 9.17) is 9.47 Å². The molecule has 0 aliphatic heterocycles. The van der Waals surface area contributed by atoms with Crippen molar-refractivity contribution < 1.29 is 23.5 Å². The van der Waals surface area contributed by atoms with Crippen LogP contribution in [0.15, 0.2) is 24.3 Å². The number of carbonyl (C=O) groups is 2. The minimum Gasteiger partial charge on any atom is -0.469 e. The van der Waals surface area contributed by atoms with Crippen LogP contribution in [0.2, 0.25) is 0 Å². The van der Waals surface area contributed by atoms with Crippen LogP contribution >= 0.6 is 0 Å². The summed E-state index contributed by atoms with van der Waals surface area (Å²) in [5.41, 5.74) is 2.20. The van der Waals surface area contributed by atoms with Gasteiger partial charge in [-0.3, -0.25) is 4.79 Å². The molecule has 1 aromatic carbocycles. The molecule has 0 radical (unpaired) electrons. The van der Waals surface area contributed by atoms with Crippen molar-refractivity contribution in [2.24, 2.45) is 0 Å². The van der Waals surface area contributed by atoms with Crippen LogP contribution in [0.4, 0.5) is 4.39 Å². The first-order chi connectivity index (χ1) is 13.9. The molecule has 148 valence electrons. The number of esters is 2. The Balaban J connectivity index is 2.06. The van der Waals surface area contributed by atoms with Crippen LogP contribution in [0, 0.1) is 12.7 Å². The van der Waals surface area contributed by atoms with E-state index in [1.807, 2.05) is 0 Å². The van der Waals surface area contributed by atoms with Crippen LogP contribution in [0.3, 0.4) is 0 Å². The molecule has 0 saturated carbocycles. The van der Waals surface area contributed by atoms with E-state index < -0.39 is 17.8 Å². The third-order valence-corrected chi connectivity index (χ3v) is 4.39. The molecule has 0 amide bonds. The molecule has 11 heteroatoms. The van der Waals surface area contributed by atoms with Gasteiger partial charge in [0.15, 0.2) is 16.8 Å². The summed E-state index contributed by atoms with van der Waals surface area (Å²) in [5.74, 6) is -1.52. The molecule has 0 fully saturated rings. The van der Waals surface area contributed by atoms with Crippen LogP contribution in [0.5, 0.6) is 0 Å². The van der Waals surface area contributed by atoms with E-state index in [1.165, 1.54) is 47.7 Å². The summed E-state index contributed by atoms with van der Waals surface area (Å²) in [5, 5.41) is 17.1. The van der Waals surface area contributed by atoms with E-state index in [0.29, 0.717) is 28.2 Å². The van der Waals surface area contributed by atoms with Gasteiger partial charge < -0.3 is 9.47 Å². The Labute approximate surface area is 162 Å². The zero-order valence-corrected chi connectivity index (χ0v) is 15.7. The van der Waals surface area contributed by atoms with Crippen LogP contribution < -0.4 is 0 Å². The first kappa shape index (κ1) is 18.5. The number of ether oxygens (including phenoxy) is 2. The summed E-state index contributed by atoms with van der Waals surface area (Å²) < 4.78 is 25.8. The van der Waals surface area contributed by atoms with E-state index in [2.05, 4.69) is 20.4 Å². The molecular formula is C18H15FN6O4. The van der Waals surface area contributed by atoms with E-state index in [1.54, 1.807) is 6.92 Å². The molecule has 0 atom stereocenters. The Morgan fingerprint density at radius 1 is 1.07 bits per heavy atom. The lowest BCUT2D eigenvalue weighted by Gasteiger charge is -2.04. The summed E-state index contributed by atoms with van der Waals surface area (Å²) in [6.45, 7) is 1.64. The lowest BCUT2D eigenvalue weighted by molar-refractivity contribution is -0.139. The molecule has 3 heterocycles. The van der Waals surface area contributed by atoms with Crippen molar-refractivity contribution in [3.8, 4) is 5.69 Å². The number of nitrogens with zero attached hydrogens (tertiary/aromatic N) is 6. The van der Waals surface area contributed by atoms with Gasteiger partial charge in [0.2, 0.25) is 0 Å². The van der Waals surface area contributed by atoms with Gasteiger partial charge in [0.1, 0.15) is 17.1 Å². The number of methoxy groups -OCH3 is 2. The van der Waals surface area contributed by atoms with Crippen LogP contribution in [-0.4, -0.2) is 55.8 Å². The van der Waals surface area contributed by atoms with Gasteiger partial charge in [0, 0.05) is 0 Å². The maximum Gasteiger partial charge on any atom is 0.343 e. The number of benzene rings is 1. The number of halogens is 1. The molecule has 0 saturated heterocycles. The molecule has 29 heavy (non-hydrogen) atoms. The van der Waals surface area contributed by atoms with Gasteiger partial charge in [0.05, 0.1) is 32.0 Å². The van der Waals surface area contributed by atoms with Gasteiger partial charge >= 0.3 is 11.9 Å². The summed E-state index contributed by atoms with van der Waals surface area (Å²) in [4.78, 5) is 24.0. The molecular weight excluding hydrogens is 383 g/mol. The number of rotatable bonds is 4. The minimum atomic E-state index is -0.603. The second-order valence-electron chi connectivity index (χ2n) is 6.15. The predicted octanol–water partition coefficient (Wildman–Crippen LogP) is 1.41. The van der Waals surface area contributed by atoms with Crippen LogP contribution in [0.25, 0.3) is 22.5 Å². The normalized spacial score (nSPS) is 11.2. The largest absolute Gasteiger partial charge is 0.469 e. The molecule has 0 unspecified atom stereocenters. The lowest BCUT2D eigenvalue weighted by Crippen LogP contribution is -2.06. The Morgan fingerprint density at radius 2 is 1.79 bits per heavy atom. The first-order valence-electron chi connectivity index (χ1n) is 8.49. The molecule has 0 N–H and O–H groups in total. The van der Waals surface area contributed by atoms with Crippen molar-refractivity contribution in [2.45, 2.75) is 13.3 Å². The second-order valence-corrected chi connectivity index (χ2v) is 6.15. The highest BCUT2D eigenvalue weighted by Crippen LogP contribution is 2.24. The number of aromatic nitrogens is 6. The quantitative estimate of drug-likeness (QED) is 0.474. The number of hydrogen-bond donors (Lipinski definition) is 0. The zero-order chi connectivity index (χ0) is 20.7. The molecule has 0 aliphatic rings. The van der Waals surface area contributed by atoms with Crippen LogP contribution in [-0.2, 0) is 20.7 Å². The topological polar surface area (TPSA) is 114 Å². The first-order valence-corrected chi connectivity index (χ1v) is 8.49. The Bertz CT molecular complexity index is 1260. The highest BCUT2D eigenvalue weighted by molar-refractivity contribution is 5.98. The van der Waals surface area contributed by atoms with Crippen molar-refractivity contribution in [3.05, 3.63) is 47.0 Å². The number of fused-ring (bicyclic) bond motifs is 3. The second kappa shape index (κ2) is 6.93. The monoisotopic (exact) mass is 398 g/mol. The summed E-state index contributed by atoms with van der Waals surface area (Å²) in [6, 6.07) is 5.60. The average Bonchev–Trinajstić information content (AvgIpc) is 3.25. The summed E-state index contributed by atoms with van der Waals surface area (Å²) in [7, 11) is 2.53. The SMILES string of the molecule is COC(=O)Cc1nn(-c2ccc(F)cc2)c2c1nnc1c(C(=O)OC)c(C)nn12. The van der Waals surface area contributed by atoms with Crippen molar-refractivity contribution in [2.75, 3.05) is 14.2 Å². The van der Waals surface area contributed by atoms with Crippen molar-refractivity contribution in [1.82, 2.24) is 29.6 Å². The Morgan fingerprint density at radius 3 is 2.45 bits per heavy atom. The van der Waals surface area contributed by atoms with Gasteiger partial charge in [-0.25, -0.2) is 13.9 Å². The van der Waals surface area contributed by atoms with Gasteiger partial charge in [0.25, 0.3) is 0 Å². The van der Waals surface area contributed by atoms with E-state index in [-0.39, 0.29) is 17.6 Å². The average molecular weight is 398 g/mol. The number of hydrogen-bond acceptors (Lipinski definition) is 8. The molecule has 0 spiro atoms.